The summed E-state index contributed by atoms with van der Waals surface area (Å²) >= 11 is 0. The summed E-state index contributed by atoms with van der Waals surface area (Å²) in [7, 11) is 0. The Labute approximate surface area is 198 Å². The monoisotopic (exact) mass is 462 g/mol. The second-order valence-corrected chi connectivity index (χ2v) is 12.7. The van der Waals surface area contributed by atoms with Crippen molar-refractivity contribution in [1.29, 1.82) is 0 Å². The lowest BCUT2D eigenvalue weighted by Gasteiger charge is -2.63. The van der Waals surface area contributed by atoms with Gasteiger partial charge in [-0.3, -0.25) is 14.4 Å². The summed E-state index contributed by atoms with van der Waals surface area (Å²) in [6.07, 6.45) is 8.85. The molecule has 4 aliphatic carbocycles. The van der Waals surface area contributed by atoms with Crippen molar-refractivity contribution in [1.82, 2.24) is 0 Å². The van der Waals surface area contributed by atoms with E-state index in [1.54, 1.807) is 13.8 Å². The minimum absolute atomic E-state index is 0.00782. The Hall–Kier alpha value is -1.59. The van der Waals surface area contributed by atoms with Gasteiger partial charge in [0.05, 0.1) is 12.5 Å². The molecule has 0 radical (unpaired) electrons. The number of aliphatic carboxylic acids is 1. The van der Waals surface area contributed by atoms with E-state index in [2.05, 4.69) is 13.8 Å². The van der Waals surface area contributed by atoms with E-state index in [0.717, 1.165) is 44.9 Å². The van der Waals surface area contributed by atoms with Gasteiger partial charge in [0.25, 0.3) is 0 Å². The molecule has 0 amide bonds. The van der Waals surface area contributed by atoms with E-state index in [1.165, 1.54) is 13.3 Å². The fourth-order valence-corrected chi connectivity index (χ4v) is 9.05. The maximum Gasteiger partial charge on any atom is 0.313 e. The highest BCUT2D eigenvalue weighted by atomic mass is 16.5. The SMILES string of the molecule is CC(=O)OC[C@]1(C)C[C@@]23CC[C@@H]4[C@](COC(=O)C(C)C)(C(=O)O)CCC[C@@]4(C)[C@@H]2CC[C@@H]1C3. The first-order valence-electron chi connectivity index (χ1n) is 12.9. The molecule has 1 N–H and O–H groups in total. The molecule has 6 nitrogen and oxygen atoms in total. The molecule has 1 spiro atoms. The third-order valence-corrected chi connectivity index (χ3v) is 10.4. The molecule has 0 aromatic rings. The predicted molar refractivity (Wildman–Crippen MR) is 123 cm³/mol. The Balaban J connectivity index is 1.62. The van der Waals surface area contributed by atoms with Gasteiger partial charge in [-0.1, -0.05) is 34.1 Å². The summed E-state index contributed by atoms with van der Waals surface area (Å²) < 4.78 is 11.1. The van der Waals surface area contributed by atoms with Crippen LogP contribution in [0.25, 0.3) is 0 Å². The van der Waals surface area contributed by atoms with Crippen LogP contribution in [0.4, 0.5) is 0 Å². The molecule has 0 unspecified atom stereocenters. The zero-order valence-corrected chi connectivity index (χ0v) is 21.1. The molecule has 0 aromatic heterocycles. The lowest BCUT2D eigenvalue weighted by molar-refractivity contribution is -0.197. The largest absolute Gasteiger partial charge is 0.481 e. The van der Waals surface area contributed by atoms with E-state index < -0.39 is 11.4 Å². The van der Waals surface area contributed by atoms with E-state index in [9.17, 15) is 19.5 Å². The van der Waals surface area contributed by atoms with E-state index in [-0.39, 0.29) is 46.6 Å². The molecule has 6 heteroatoms. The topological polar surface area (TPSA) is 89.9 Å². The predicted octanol–water partition coefficient (Wildman–Crippen LogP) is 5.23. The fourth-order valence-electron chi connectivity index (χ4n) is 9.05. The Bertz CT molecular complexity index is 821. The lowest BCUT2D eigenvalue weighted by atomic mass is 9.40. The average Bonchev–Trinajstić information content (AvgIpc) is 2.95. The highest BCUT2D eigenvalue weighted by Crippen LogP contribution is 2.74. The number of ether oxygens (including phenoxy) is 2. The van der Waals surface area contributed by atoms with Crippen molar-refractivity contribution in [2.45, 2.75) is 92.4 Å². The highest BCUT2D eigenvalue weighted by Gasteiger charge is 2.68. The van der Waals surface area contributed by atoms with Gasteiger partial charge in [-0.15, -0.1) is 0 Å². The normalized spacial score (nSPS) is 44.0. The Morgan fingerprint density at radius 1 is 0.970 bits per heavy atom. The van der Waals surface area contributed by atoms with Gasteiger partial charge in [-0.2, -0.15) is 0 Å². The smallest absolute Gasteiger partial charge is 0.313 e. The summed E-state index contributed by atoms with van der Waals surface area (Å²) in [4.78, 5) is 36.6. The van der Waals surface area contributed by atoms with Crippen LogP contribution in [-0.2, 0) is 23.9 Å². The van der Waals surface area contributed by atoms with Crippen molar-refractivity contribution in [3.63, 3.8) is 0 Å². The zero-order valence-electron chi connectivity index (χ0n) is 21.1. The number of carbonyl (C=O) groups is 3. The number of rotatable bonds is 6. The standard InChI is InChI=1S/C27H42O6/c1-17(2)22(29)33-16-27(23(30)31)11-6-10-25(5)20-8-7-19-13-26(20,12-9-21(25)27)14-24(19,4)15-32-18(3)28/h17,19-21H,6-16H2,1-5H3,(H,30,31)/t19-,20+,21+,24+,25+,26+,27+/m1/s1. The molecule has 0 aromatic carbocycles. The number of fused-ring (bicyclic) bond motifs is 3. The molecule has 33 heavy (non-hydrogen) atoms. The van der Waals surface area contributed by atoms with Crippen LogP contribution in [0, 0.1) is 45.3 Å². The summed E-state index contributed by atoms with van der Waals surface area (Å²) in [6.45, 7) is 10.2. The Morgan fingerprint density at radius 2 is 1.70 bits per heavy atom. The van der Waals surface area contributed by atoms with Crippen LogP contribution >= 0.6 is 0 Å². The van der Waals surface area contributed by atoms with Crippen molar-refractivity contribution >= 4 is 17.9 Å². The molecule has 0 saturated heterocycles. The van der Waals surface area contributed by atoms with Gasteiger partial charge in [-0.05, 0) is 80.0 Å². The Kier molecular flexibility index (Phi) is 6.14. The van der Waals surface area contributed by atoms with E-state index in [4.69, 9.17) is 9.47 Å². The molecular formula is C27H42O6. The second-order valence-electron chi connectivity index (χ2n) is 12.7. The van der Waals surface area contributed by atoms with E-state index >= 15 is 0 Å². The van der Waals surface area contributed by atoms with Crippen LogP contribution in [0.2, 0.25) is 0 Å². The fraction of sp³-hybridized carbons (Fsp3) is 0.889. The van der Waals surface area contributed by atoms with Crippen molar-refractivity contribution in [3.8, 4) is 0 Å². The van der Waals surface area contributed by atoms with Gasteiger partial charge in [0.1, 0.15) is 12.0 Å². The summed E-state index contributed by atoms with van der Waals surface area (Å²) in [5.74, 6) is -0.532. The Morgan fingerprint density at radius 3 is 2.33 bits per heavy atom. The highest BCUT2D eigenvalue weighted by molar-refractivity contribution is 5.77. The van der Waals surface area contributed by atoms with Crippen molar-refractivity contribution < 1.29 is 29.0 Å². The van der Waals surface area contributed by atoms with Gasteiger partial charge < -0.3 is 14.6 Å². The summed E-state index contributed by atoms with van der Waals surface area (Å²) in [5.41, 5.74) is -0.847. The summed E-state index contributed by atoms with van der Waals surface area (Å²) in [5, 5.41) is 10.5. The van der Waals surface area contributed by atoms with Crippen molar-refractivity contribution in [2.75, 3.05) is 13.2 Å². The number of carboxylic acid groups (broad SMARTS) is 1. The lowest BCUT2D eigenvalue weighted by Crippen LogP contribution is -2.60. The van der Waals surface area contributed by atoms with Gasteiger partial charge in [0, 0.05) is 12.3 Å². The van der Waals surface area contributed by atoms with E-state index in [1.807, 2.05) is 0 Å². The molecule has 0 aliphatic heterocycles. The van der Waals surface area contributed by atoms with Gasteiger partial charge >= 0.3 is 17.9 Å². The van der Waals surface area contributed by atoms with Crippen LogP contribution in [0.15, 0.2) is 0 Å². The molecule has 4 aliphatic rings. The molecule has 4 fully saturated rings. The van der Waals surface area contributed by atoms with Gasteiger partial charge in [0.15, 0.2) is 0 Å². The minimum atomic E-state index is -0.990. The average molecular weight is 463 g/mol. The first-order chi connectivity index (χ1) is 15.4. The van der Waals surface area contributed by atoms with Crippen LogP contribution < -0.4 is 0 Å². The van der Waals surface area contributed by atoms with Gasteiger partial charge in [0.2, 0.25) is 0 Å². The minimum Gasteiger partial charge on any atom is -0.481 e. The molecular weight excluding hydrogens is 420 g/mol. The molecule has 0 heterocycles. The zero-order chi connectivity index (χ0) is 24.2. The van der Waals surface area contributed by atoms with Crippen LogP contribution in [0.3, 0.4) is 0 Å². The van der Waals surface area contributed by atoms with Crippen LogP contribution in [0.5, 0.6) is 0 Å². The molecule has 2 bridgehead atoms. The molecule has 4 rings (SSSR count). The number of hydrogen-bond acceptors (Lipinski definition) is 5. The van der Waals surface area contributed by atoms with Gasteiger partial charge in [-0.25, -0.2) is 0 Å². The first kappa shape index (κ1) is 24.5. The molecule has 4 saturated carbocycles. The van der Waals surface area contributed by atoms with E-state index in [0.29, 0.717) is 24.9 Å². The maximum atomic E-state index is 12.8. The number of carbonyl (C=O) groups excluding carboxylic acids is 2. The third kappa shape index (κ3) is 3.80. The second kappa shape index (κ2) is 8.27. The van der Waals surface area contributed by atoms with Crippen LogP contribution in [0.1, 0.15) is 92.4 Å². The summed E-state index contributed by atoms with van der Waals surface area (Å²) in [6, 6.07) is 0. The number of hydrogen-bond donors (Lipinski definition) is 1. The molecule has 7 atom stereocenters. The van der Waals surface area contributed by atoms with Crippen molar-refractivity contribution in [3.05, 3.63) is 0 Å². The maximum absolute atomic E-state index is 12.8. The number of esters is 2. The molecule has 186 valence electrons. The quantitative estimate of drug-likeness (QED) is 0.544. The number of carboxylic acids is 1. The first-order valence-corrected chi connectivity index (χ1v) is 12.9. The third-order valence-electron chi connectivity index (χ3n) is 10.4. The van der Waals surface area contributed by atoms with Crippen LogP contribution in [-0.4, -0.2) is 36.2 Å². The van der Waals surface area contributed by atoms with Crippen molar-refractivity contribution in [2.24, 2.45) is 45.3 Å².